The maximum Gasteiger partial charge on any atom is 0.138 e. The van der Waals surface area contributed by atoms with E-state index in [-0.39, 0.29) is 11.2 Å². The van der Waals surface area contributed by atoms with Crippen molar-refractivity contribution in [3.05, 3.63) is 84.4 Å². The van der Waals surface area contributed by atoms with Crippen LogP contribution in [0.3, 0.4) is 0 Å². The standard InChI is InChI=1S/C24H22FN3/c1-24(2,3)19-8-4-18(5-9-19)23-27-21(16-6-10-20(25)11-7-16)22(28-23)17-12-14-26-15-13-17/h4-15H,1-3H3,(H,27,28). The zero-order chi connectivity index (χ0) is 19.7. The van der Waals surface area contributed by atoms with Crippen molar-refractivity contribution in [2.75, 3.05) is 0 Å². The van der Waals surface area contributed by atoms with Crippen molar-refractivity contribution in [1.82, 2.24) is 15.0 Å². The van der Waals surface area contributed by atoms with Gasteiger partial charge in [-0.25, -0.2) is 9.37 Å². The molecule has 0 radical (unpaired) electrons. The lowest BCUT2D eigenvalue weighted by molar-refractivity contribution is 0.590. The van der Waals surface area contributed by atoms with Gasteiger partial charge < -0.3 is 4.98 Å². The minimum atomic E-state index is -0.261. The Morgan fingerprint density at radius 1 is 0.750 bits per heavy atom. The van der Waals surface area contributed by atoms with Gasteiger partial charge >= 0.3 is 0 Å². The minimum absolute atomic E-state index is 0.100. The van der Waals surface area contributed by atoms with Crippen LogP contribution in [-0.2, 0) is 5.41 Å². The summed E-state index contributed by atoms with van der Waals surface area (Å²) in [5.41, 5.74) is 5.92. The predicted molar refractivity (Wildman–Crippen MR) is 111 cm³/mol. The zero-order valence-corrected chi connectivity index (χ0v) is 16.2. The van der Waals surface area contributed by atoms with Crippen LogP contribution < -0.4 is 0 Å². The molecular formula is C24H22FN3. The second-order valence-corrected chi connectivity index (χ2v) is 7.88. The molecule has 4 heteroatoms. The third-order valence-electron chi connectivity index (χ3n) is 4.81. The molecular weight excluding hydrogens is 349 g/mol. The van der Waals surface area contributed by atoms with Crippen LogP contribution in [0.4, 0.5) is 4.39 Å². The molecule has 0 saturated carbocycles. The molecule has 4 rings (SSSR count). The summed E-state index contributed by atoms with van der Waals surface area (Å²) in [5, 5.41) is 0. The van der Waals surface area contributed by atoms with E-state index >= 15 is 0 Å². The van der Waals surface area contributed by atoms with Crippen molar-refractivity contribution in [3.63, 3.8) is 0 Å². The van der Waals surface area contributed by atoms with E-state index in [1.165, 1.54) is 17.7 Å². The van der Waals surface area contributed by atoms with E-state index in [1.807, 2.05) is 12.1 Å². The third-order valence-corrected chi connectivity index (χ3v) is 4.81. The molecule has 2 heterocycles. The Hall–Kier alpha value is -3.27. The second-order valence-electron chi connectivity index (χ2n) is 7.88. The molecule has 2 aromatic heterocycles. The van der Waals surface area contributed by atoms with Crippen molar-refractivity contribution in [2.45, 2.75) is 26.2 Å². The number of imidazole rings is 1. The second kappa shape index (κ2) is 7.04. The van der Waals surface area contributed by atoms with Crippen molar-refractivity contribution in [1.29, 1.82) is 0 Å². The van der Waals surface area contributed by atoms with Gasteiger partial charge in [0.2, 0.25) is 0 Å². The SMILES string of the molecule is CC(C)(C)c1ccc(-c2nc(-c3ccc(F)cc3)c(-c3ccncc3)[nH]2)cc1. The molecule has 3 nitrogen and oxygen atoms in total. The molecule has 1 N–H and O–H groups in total. The number of pyridine rings is 1. The summed E-state index contributed by atoms with van der Waals surface area (Å²) >= 11 is 0. The largest absolute Gasteiger partial charge is 0.337 e. The van der Waals surface area contributed by atoms with Gasteiger partial charge in [-0.05, 0) is 47.4 Å². The Bertz CT molecular complexity index is 1070. The Morgan fingerprint density at radius 3 is 1.96 bits per heavy atom. The maximum absolute atomic E-state index is 13.4. The molecule has 4 aromatic rings. The summed E-state index contributed by atoms with van der Waals surface area (Å²) in [6.45, 7) is 6.59. The molecule has 0 bridgehead atoms. The molecule has 2 aromatic carbocycles. The first kappa shape index (κ1) is 18.1. The lowest BCUT2D eigenvalue weighted by Crippen LogP contribution is -2.10. The molecule has 140 valence electrons. The zero-order valence-electron chi connectivity index (χ0n) is 16.2. The lowest BCUT2D eigenvalue weighted by atomic mass is 9.87. The fraction of sp³-hybridized carbons (Fsp3) is 0.167. The highest BCUT2D eigenvalue weighted by molar-refractivity contribution is 5.81. The number of hydrogen-bond donors (Lipinski definition) is 1. The first-order valence-corrected chi connectivity index (χ1v) is 9.29. The highest BCUT2D eigenvalue weighted by Gasteiger charge is 2.17. The van der Waals surface area contributed by atoms with Gasteiger partial charge in [0, 0.05) is 29.1 Å². The molecule has 0 amide bonds. The van der Waals surface area contributed by atoms with Crippen LogP contribution in [0.25, 0.3) is 33.9 Å². The van der Waals surface area contributed by atoms with E-state index in [2.05, 4.69) is 55.0 Å². The third kappa shape index (κ3) is 3.58. The number of halogens is 1. The number of hydrogen-bond acceptors (Lipinski definition) is 2. The number of nitrogens with zero attached hydrogens (tertiary/aromatic N) is 2. The fourth-order valence-corrected chi connectivity index (χ4v) is 3.18. The molecule has 0 spiro atoms. The number of aromatic amines is 1. The minimum Gasteiger partial charge on any atom is -0.337 e. The average molecular weight is 371 g/mol. The summed E-state index contributed by atoms with van der Waals surface area (Å²) in [5.74, 6) is 0.523. The number of nitrogens with one attached hydrogen (secondary N) is 1. The van der Waals surface area contributed by atoms with Gasteiger partial charge in [0.25, 0.3) is 0 Å². The van der Waals surface area contributed by atoms with Crippen molar-refractivity contribution >= 4 is 0 Å². The van der Waals surface area contributed by atoms with Crippen molar-refractivity contribution < 1.29 is 4.39 Å². The quantitative estimate of drug-likeness (QED) is 0.463. The molecule has 0 aliphatic heterocycles. The Balaban J connectivity index is 1.82. The molecule has 0 unspecified atom stereocenters. The van der Waals surface area contributed by atoms with E-state index in [4.69, 9.17) is 4.98 Å². The molecule has 0 fully saturated rings. The highest BCUT2D eigenvalue weighted by Crippen LogP contribution is 2.33. The first-order valence-electron chi connectivity index (χ1n) is 9.29. The smallest absolute Gasteiger partial charge is 0.138 e. The molecule has 0 aliphatic rings. The van der Waals surface area contributed by atoms with Gasteiger partial charge in [0.1, 0.15) is 11.6 Å². The van der Waals surface area contributed by atoms with Crippen LogP contribution in [0, 0.1) is 5.82 Å². The molecule has 28 heavy (non-hydrogen) atoms. The van der Waals surface area contributed by atoms with Crippen LogP contribution in [0.5, 0.6) is 0 Å². The normalized spacial score (nSPS) is 11.6. The van der Waals surface area contributed by atoms with Gasteiger partial charge in [-0.1, -0.05) is 45.0 Å². The summed E-state index contributed by atoms with van der Waals surface area (Å²) in [7, 11) is 0. The van der Waals surface area contributed by atoms with Gasteiger partial charge in [-0.2, -0.15) is 0 Å². The Kier molecular flexibility index (Phi) is 4.55. The number of aromatic nitrogens is 3. The summed E-state index contributed by atoms with van der Waals surface area (Å²) in [6.07, 6.45) is 3.50. The fourth-order valence-electron chi connectivity index (χ4n) is 3.18. The van der Waals surface area contributed by atoms with Gasteiger partial charge in [-0.3, -0.25) is 4.98 Å². The number of rotatable bonds is 3. The molecule has 0 aliphatic carbocycles. The van der Waals surface area contributed by atoms with Crippen molar-refractivity contribution in [2.24, 2.45) is 0 Å². The van der Waals surface area contributed by atoms with E-state index in [1.54, 1.807) is 24.5 Å². The van der Waals surface area contributed by atoms with Crippen LogP contribution in [-0.4, -0.2) is 15.0 Å². The Morgan fingerprint density at radius 2 is 1.36 bits per heavy atom. The maximum atomic E-state index is 13.4. The van der Waals surface area contributed by atoms with Gasteiger partial charge in [0.15, 0.2) is 0 Å². The van der Waals surface area contributed by atoms with E-state index in [0.717, 1.165) is 33.9 Å². The highest BCUT2D eigenvalue weighted by atomic mass is 19.1. The number of H-pyrrole nitrogens is 1. The summed E-state index contributed by atoms with van der Waals surface area (Å²) in [6, 6.07) is 18.7. The Labute approximate surface area is 164 Å². The van der Waals surface area contributed by atoms with Crippen molar-refractivity contribution in [3.8, 4) is 33.9 Å². The summed E-state index contributed by atoms with van der Waals surface area (Å²) < 4.78 is 13.4. The van der Waals surface area contributed by atoms with E-state index in [9.17, 15) is 4.39 Å². The lowest BCUT2D eigenvalue weighted by Gasteiger charge is -2.18. The number of benzene rings is 2. The summed E-state index contributed by atoms with van der Waals surface area (Å²) in [4.78, 5) is 12.4. The topological polar surface area (TPSA) is 41.6 Å². The predicted octanol–water partition coefficient (Wildman–Crippen LogP) is 6.24. The first-order chi connectivity index (χ1) is 13.4. The van der Waals surface area contributed by atoms with Crippen LogP contribution in [0.2, 0.25) is 0 Å². The monoisotopic (exact) mass is 371 g/mol. The van der Waals surface area contributed by atoms with Crippen LogP contribution in [0.15, 0.2) is 73.1 Å². The van der Waals surface area contributed by atoms with Gasteiger partial charge in [0.05, 0.1) is 11.4 Å². The molecule has 0 atom stereocenters. The van der Waals surface area contributed by atoms with E-state index < -0.39 is 0 Å². The average Bonchev–Trinajstić information content (AvgIpc) is 3.14. The van der Waals surface area contributed by atoms with Gasteiger partial charge in [-0.15, -0.1) is 0 Å². The van der Waals surface area contributed by atoms with Crippen LogP contribution in [0.1, 0.15) is 26.3 Å². The van der Waals surface area contributed by atoms with E-state index in [0.29, 0.717) is 0 Å². The molecule has 0 saturated heterocycles. The van der Waals surface area contributed by atoms with Crippen LogP contribution >= 0.6 is 0 Å².